The Hall–Kier alpha value is -3.35. The minimum Gasteiger partial charge on any atom is -0.346 e. The molecule has 182 valence electrons. The third-order valence-electron chi connectivity index (χ3n) is 7.01. The van der Waals surface area contributed by atoms with Crippen molar-refractivity contribution in [3.05, 3.63) is 82.9 Å². The van der Waals surface area contributed by atoms with Crippen molar-refractivity contribution in [2.24, 2.45) is 7.05 Å². The Morgan fingerprint density at radius 3 is 2.64 bits per heavy atom. The first-order chi connectivity index (χ1) is 17.5. The van der Waals surface area contributed by atoms with Gasteiger partial charge in [-0.1, -0.05) is 64.9 Å². The van der Waals surface area contributed by atoms with Crippen molar-refractivity contribution >= 4 is 55.1 Å². The molecule has 5 aromatic rings. The van der Waals surface area contributed by atoms with Crippen molar-refractivity contribution in [2.45, 2.75) is 13.3 Å². The Morgan fingerprint density at radius 2 is 1.81 bits per heavy atom. The minimum absolute atomic E-state index is 0.1000. The summed E-state index contributed by atoms with van der Waals surface area (Å²) in [7, 11) is 2.06. The van der Waals surface area contributed by atoms with Crippen LogP contribution in [0.2, 0.25) is 5.02 Å². The van der Waals surface area contributed by atoms with Crippen LogP contribution in [0.4, 0.5) is 5.13 Å². The van der Waals surface area contributed by atoms with Gasteiger partial charge in [0, 0.05) is 49.2 Å². The van der Waals surface area contributed by atoms with Crippen LogP contribution in [0.5, 0.6) is 0 Å². The molecule has 0 aliphatic carbocycles. The maximum Gasteiger partial charge on any atom is 0.256 e. The first-order valence-electron chi connectivity index (χ1n) is 12.2. The highest BCUT2D eigenvalue weighted by Gasteiger charge is 2.28. The monoisotopic (exact) mass is 514 g/mol. The maximum absolute atomic E-state index is 14.2. The lowest BCUT2D eigenvalue weighted by atomic mass is 10.0. The second kappa shape index (κ2) is 9.26. The van der Waals surface area contributed by atoms with Crippen LogP contribution in [-0.4, -0.2) is 46.5 Å². The van der Waals surface area contributed by atoms with E-state index < -0.39 is 0 Å². The van der Waals surface area contributed by atoms with Crippen molar-refractivity contribution in [1.29, 1.82) is 0 Å². The lowest BCUT2D eigenvalue weighted by Gasteiger charge is -2.22. The third kappa shape index (κ3) is 4.04. The Morgan fingerprint density at radius 1 is 0.972 bits per heavy atom. The lowest BCUT2D eigenvalue weighted by molar-refractivity contribution is 0.0769. The number of aromatic nitrogens is 2. The summed E-state index contributed by atoms with van der Waals surface area (Å²) in [5.41, 5.74) is 6.03. The van der Waals surface area contributed by atoms with Gasteiger partial charge in [0.25, 0.3) is 5.91 Å². The molecule has 0 radical (unpaired) electrons. The molecule has 1 amide bonds. The van der Waals surface area contributed by atoms with Gasteiger partial charge in [0.05, 0.1) is 21.5 Å². The van der Waals surface area contributed by atoms with Crippen molar-refractivity contribution in [2.75, 3.05) is 31.1 Å². The summed E-state index contributed by atoms with van der Waals surface area (Å²) in [6.45, 7) is 5.09. The van der Waals surface area contributed by atoms with E-state index in [0.29, 0.717) is 6.54 Å². The number of rotatable bonds is 3. The summed E-state index contributed by atoms with van der Waals surface area (Å²) < 4.78 is 3.25. The SMILES string of the molecule is Cc1ccc2c(c1)c(C(=O)N1CCCN(c3nc4ccc(Cl)cc4s3)CC1)c(-c1ccccc1)n2C. The lowest BCUT2D eigenvalue weighted by Crippen LogP contribution is -2.35. The molecule has 0 N–H and O–H groups in total. The van der Waals surface area contributed by atoms with Crippen LogP contribution in [-0.2, 0) is 7.05 Å². The van der Waals surface area contributed by atoms with E-state index in [1.807, 2.05) is 41.3 Å². The summed E-state index contributed by atoms with van der Waals surface area (Å²) >= 11 is 7.84. The van der Waals surface area contributed by atoms with Crippen LogP contribution in [0.3, 0.4) is 0 Å². The summed E-state index contributed by atoms with van der Waals surface area (Å²) in [6.07, 6.45) is 0.896. The Labute approximate surface area is 219 Å². The van der Waals surface area contributed by atoms with Gasteiger partial charge >= 0.3 is 0 Å². The molecule has 1 aliphatic heterocycles. The van der Waals surface area contributed by atoms with E-state index in [1.54, 1.807) is 11.3 Å². The Balaban J connectivity index is 1.34. The van der Waals surface area contributed by atoms with E-state index in [1.165, 1.54) is 0 Å². The summed E-state index contributed by atoms with van der Waals surface area (Å²) in [4.78, 5) is 23.3. The van der Waals surface area contributed by atoms with E-state index in [2.05, 4.69) is 53.8 Å². The van der Waals surface area contributed by atoms with E-state index in [9.17, 15) is 4.79 Å². The van der Waals surface area contributed by atoms with Gasteiger partial charge < -0.3 is 14.4 Å². The number of hydrogen-bond donors (Lipinski definition) is 0. The standard InChI is InChI=1S/C29H27ClN4OS/c1-19-9-12-24-22(17-19)26(27(32(24)2)20-7-4-3-5-8-20)28(35)33-13-6-14-34(16-15-33)29-31-23-11-10-21(30)18-25(23)36-29/h3-5,7-12,17-18H,6,13-16H2,1-2H3. The summed E-state index contributed by atoms with van der Waals surface area (Å²) in [5.74, 6) is 0.1000. The third-order valence-corrected chi connectivity index (χ3v) is 8.32. The molecule has 3 heterocycles. The molecule has 1 fully saturated rings. The van der Waals surface area contributed by atoms with Crippen molar-refractivity contribution in [3.8, 4) is 11.3 Å². The molecule has 0 unspecified atom stereocenters. The van der Waals surface area contributed by atoms with Crippen molar-refractivity contribution in [1.82, 2.24) is 14.5 Å². The van der Waals surface area contributed by atoms with Crippen LogP contribution in [0.25, 0.3) is 32.4 Å². The molecular weight excluding hydrogens is 488 g/mol. The fourth-order valence-corrected chi connectivity index (χ4v) is 6.49. The van der Waals surface area contributed by atoms with E-state index in [-0.39, 0.29) is 5.91 Å². The van der Waals surface area contributed by atoms with E-state index >= 15 is 0 Å². The molecule has 0 spiro atoms. The topological polar surface area (TPSA) is 41.4 Å². The van der Waals surface area contributed by atoms with Crippen LogP contribution in [0.1, 0.15) is 22.3 Å². The molecule has 2 aromatic heterocycles. The number of carbonyl (C=O) groups excluding carboxylic acids is 1. The number of fused-ring (bicyclic) bond motifs is 2. The predicted octanol–water partition coefficient (Wildman–Crippen LogP) is 6.77. The number of carbonyl (C=O) groups is 1. The predicted molar refractivity (Wildman–Crippen MR) is 150 cm³/mol. The fourth-order valence-electron chi connectivity index (χ4n) is 5.20. The van der Waals surface area contributed by atoms with Gasteiger partial charge in [-0.15, -0.1) is 0 Å². The van der Waals surface area contributed by atoms with Gasteiger partial charge in [-0.05, 0) is 49.2 Å². The molecule has 5 nitrogen and oxygen atoms in total. The zero-order valence-electron chi connectivity index (χ0n) is 20.4. The second-order valence-corrected chi connectivity index (χ2v) is 10.9. The van der Waals surface area contributed by atoms with Crippen LogP contribution in [0.15, 0.2) is 66.7 Å². The maximum atomic E-state index is 14.2. The number of anilines is 1. The first kappa shape index (κ1) is 23.1. The minimum atomic E-state index is 0.1000. The molecular formula is C29H27ClN4OS. The molecule has 36 heavy (non-hydrogen) atoms. The van der Waals surface area contributed by atoms with Gasteiger partial charge in [-0.3, -0.25) is 4.79 Å². The first-order valence-corrected chi connectivity index (χ1v) is 13.4. The highest BCUT2D eigenvalue weighted by molar-refractivity contribution is 7.22. The molecule has 6 rings (SSSR count). The van der Waals surface area contributed by atoms with Gasteiger partial charge in [-0.25, -0.2) is 4.98 Å². The zero-order valence-corrected chi connectivity index (χ0v) is 21.9. The van der Waals surface area contributed by atoms with Crippen molar-refractivity contribution < 1.29 is 4.79 Å². The Kier molecular flexibility index (Phi) is 5.94. The number of aryl methyl sites for hydroxylation is 2. The summed E-state index contributed by atoms with van der Waals surface area (Å²) in [5, 5.41) is 2.74. The molecule has 1 aliphatic rings. The number of hydrogen-bond acceptors (Lipinski definition) is 4. The average Bonchev–Trinajstić information content (AvgIpc) is 3.31. The van der Waals surface area contributed by atoms with Crippen LogP contribution < -0.4 is 4.90 Å². The van der Waals surface area contributed by atoms with Gasteiger partial charge in [0.15, 0.2) is 5.13 Å². The number of nitrogens with zero attached hydrogens (tertiary/aromatic N) is 4. The van der Waals surface area contributed by atoms with Crippen LogP contribution in [0, 0.1) is 6.92 Å². The van der Waals surface area contributed by atoms with E-state index in [0.717, 1.165) is 79.7 Å². The molecule has 3 aromatic carbocycles. The van der Waals surface area contributed by atoms with Gasteiger partial charge in [0.2, 0.25) is 0 Å². The number of halogens is 1. The Bertz CT molecular complexity index is 1590. The highest BCUT2D eigenvalue weighted by Crippen LogP contribution is 2.35. The average molecular weight is 515 g/mol. The largest absolute Gasteiger partial charge is 0.346 e. The zero-order chi connectivity index (χ0) is 24.8. The van der Waals surface area contributed by atoms with E-state index in [4.69, 9.17) is 16.6 Å². The van der Waals surface area contributed by atoms with Gasteiger partial charge in [-0.2, -0.15) is 0 Å². The number of thiazole rings is 1. The molecule has 0 atom stereocenters. The van der Waals surface area contributed by atoms with Gasteiger partial charge in [0.1, 0.15) is 0 Å². The second-order valence-electron chi connectivity index (χ2n) is 9.41. The quantitative estimate of drug-likeness (QED) is 0.267. The number of benzene rings is 3. The summed E-state index contributed by atoms with van der Waals surface area (Å²) in [6, 6.07) is 22.4. The smallest absolute Gasteiger partial charge is 0.256 e. The molecule has 1 saturated heterocycles. The van der Waals surface area contributed by atoms with Crippen LogP contribution >= 0.6 is 22.9 Å². The molecule has 7 heteroatoms. The molecule has 0 saturated carbocycles. The number of amides is 1. The fraction of sp³-hybridized carbons (Fsp3) is 0.241. The molecule has 0 bridgehead atoms. The normalized spacial score (nSPS) is 14.5. The highest BCUT2D eigenvalue weighted by atomic mass is 35.5. The van der Waals surface area contributed by atoms with Crippen molar-refractivity contribution in [3.63, 3.8) is 0 Å².